The molecule has 0 aliphatic carbocycles. The molecule has 0 heterocycles. The van der Waals surface area contributed by atoms with Gasteiger partial charge in [0.25, 0.3) is 0 Å². The minimum atomic E-state index is -0.176. The molecule has 0 bridgehead atoms. The summed E-state index contributed by atoms with van der Waals surface area (Å²) in [6, 6.07) is 6.39. The Morgan fingerprint density at radius 1 is 1.33 bits per heavy atom. The van der Waals surface area contributed by atoms with Gasteiger partial charge < -0.3 is 15.4 Å². The number of hydrogen-bond donors (Lipinski definition) is 1. The Labute approximate surface area is 111 Å². The molecule has 0 fully saturated rings. The van der Waals surface area contributed by atoms with E-state index in [1.807, 2.05) is 13.8 Å². The van der Waals surface area contributed by atoms with Gasteiger partial charge in [-0.1, -0.05) is 19.1 Å². The number of nitrogens with two attached hydrogens (primary N) is 1. The molecule has 0 atom stereocenters. The number of ether oxygens (including phenoxy) is 1. The third-order valence-electron chi connectivity index (χ3n) is 2.87. The lowest BCUT2D eigenvalue weighted by molar-refractivity contribution is 0.259. The van der Waals surface area contributed by atoms with Crippen LogP contribution >= 0.6 is 0 Å². The minimum absolute atomic E-state index is 0.176. The van der Waals surface area contributed by atoms with Crippen molar-refractivity contribution in [1.82, 2.24) is 4.90 Å². The lowest BCUT2D eigenvalue weighted by Crippen LogP contribution is -2.43. The highest BCUT2D eigenvalue weighted by atomic mass is 16.5. The van der Waals surface area contributed by atoms with Gasteiger partial charge in [-0.05, 0) is 38.9 Å². The van der Waals surface area contributed by atoms with Crippen molar-refractivity contribution in [2.75, 3.05) is 20.7 Å². The smallest absolute Gasteiger partial charge is 0.123 e. The maximum absolute atomic E-state index is 6.04. The van der Waals surface area contributed by atoms with Crippen LogP contribution in [0.15, 0.2) is 18.2 Å². The lowest BCUT2D eigenvalue weighted by atomic mass is 10.0. The van der Waals surface area contributed by atoms with Crippen molar-refractivity contribution in [2.45, 2.75) is 39.3 Å². The second-order valence-corrected chi connectivity index (χ2v) is 5.66. The van der Waals surface area contributed by atoms with E-state index in [0.717, 1.165) is 25.3 Å². The second-order valence-electron chi connectivity index (χ2n) is 5.66. The Balaban J connectivity index is 2.81. The van der Waals surface area contributed by atoms with Crippen molar-refractivity contribution in [2.24, 2.45) is 5.73 Å². The van der Waals surface area contributed by atoms with Gasteiger partial charge in [0.05, 0.1) is 7.11 Å². The highest BCUT2D eigenvalue weighted by Gasteiger charge is 2.15. The summed E-state index contributed by atoms with van der Waals surface area (Å²) in [4.78, 5) is 2.23. The molecule has 0 saturated heterocycles. The van der Waals surface area contributed by atoms with E-state index in [1.165, 1.54) is 11.1 Å². The fraction of sp³-hybridized carbons (Fsp3) is 0.600. The van der Waals surface area contributed by atoms with Crippen LogP contribution in [0.5, 0.6) is 5.75 Å². The summed E-state index contributed by atoms with van der Waals surface area (Å²) in [7, 11) is 3.81. The van der Waals surface area contributed by atoms with E-state index in [9.17, 15) is 0 Å². The average Bonchev–Trinajstić information content (AvgIpc) is 2.26. The summed E-state index contributed by atoms with van der Waals surface area (Å²) in [6.45, 7) is 7.97. The first kappa shape index (κ1) is 15.0. The molecule has 0 spiro atoms. The van der Waals surface area contributed by atoms with Crippen molar-refractivity contribution >= 4 is 0 Å². The van der Waals surface area contributed by atoms with Crippen molar-refractivity contribution < 1.29 is 4.74 Å². The molecule has 2 N–H and O–H groups in total. The van der Waals surface area contributed by atoms with Crippen LogP contribution in [0, 0.1) is 0 Å². The first-order valence-electron chi connectivity index (χ1n) is 6.49. The van der Waals surface area contributed by atoms with E-state index < -0.39 is 0 Å². The van der Waals surface area contributed by atoms with Crippen molar-refractivity contribution in [3.05, 3.63) is 29.3 Å². The molecule has 0 saturated carbocycles. The van der Waals surface area contributed by atoms with Gasteiger partial charge in [-0.25, -0.2) is 0 Å². The molecule has 0 aliphatic heterocycles. The monoisotopic (exact) mass is 250 g/mol. The Morgan fingerprint density at radius 3 is 2.50 bits per heavy atom. The highest BCUT2D eigenvalue weighted by Crippen LogP contribution is 2.22. The van der Waals surface area contributed by atoms with Crippen LogP contribution in [-0.2, 0) is 13.0 Å². The Hall–Kier alpha value is -1.06. The van der Waals surface area contributed by atoms with Crippen LogP contribution in [0.3, 0.4) is 0 Å². The molecule has 1 aromatic rings. The topological polar surface area (TPSA) is 38.5 Å². The Bertz CT molecular complexity index is 383. The number of nitrogens with zero attached hydrogens (tertiary/aromatic N) is 1. The number of likely N-dealkylation sites (N-methyl/N-ethyl adjacent to an activating group) is 1. The van der Waals surface area contributed by atoms with Gasteiger partial charge in [-0.2, -0.15) is 0 Å². The minimum Gasteiger partial charge on any atom is -0.496 e. The molecule has 18 heavy (non-hydrogen) atoms. The predicted molar refractivity (Wildman–Crippen MR) is 77.0 cm³/mol. The third kappa shape index (κ3) is 4.67. The van der Waals surface area contributed by atoms with Gasteiger partial charge in [-0.15, -0.1) is 0 Å². The van der Waals surface area contributed by atoms with Gasteiger partial charge in [0.2, 0.25) is 0 Å². The van der Waals surface area contributed by atoms with Gasteiger partial charge in [0.15, 0.2) is 0 Å². The zero-order chi connectivity index (χ0) is 13.8. The van der Waals surface area contributed by atoms with Gasteiger partial charge in [0, 0.05) is 24.2 Å². The molecule has 0 amide bonds. The normalized spacial score (nSPS) is 11.9. The van der Waals surface area contributed by atoms with E-state index in [-0.39, 0.29) is 5.54 Å². The molecule has 1 rings (SSSR count). The number of methoxy groups -OCH3 is 1. The van der Waals surface area contributed by atoms with Crippen LogP contribution < -0.4 is 10.5 Å². The Morgan fingerprint density at radius 2 is 2.00 bits per heavy atom. The summed E-state index contributed by atoms with van der Waals surface area (Å²) in [5, 5.41) is 0. The maximum Gasteiger partial charge on any atom is 0.123 e. The highest BCUT2D eigenvalue weighted by molar-refractivity contribution is 5.37. The van der Waals surface area contributed by atoms with Crippen LogP contribution in [-0.4, -0.2) is 31.1 Å². The van der Waals surface area contributed by atoms with Crippen LogP contribution in [0.1, 0.15) is 31.9 Å². The van der Waals surface area contributed by atoms with Crippen molar-refractivity contribution in [3.8, 4) is 5.75 Å². The number of rotatable bonds is 6. The summed E-state index contributed by atoms with van der Waals surface area (Å²) >= 11 is 0. The van der Waals surface area contributed by atoms with E-state index in [1.54, 1.807) is 7.11 Å². The molecule has 0 aliphatic rings. The fourth-order valence-electron chi connectivity index (χ4n) is 2.22. The molecule has 3 heteroatoms. The first-order chi connectivity index (χ1) is 8.35. The fourth-order valence-corrected chi connectivity index (χ4v) is 2.22. The van der Waals surface area contributed by atoms with Gasteiger partial charge in [0.1, 0.15) is 5.75 Å². The maximum atomic E-state index is 6.04. The number of hydrogen-bond acceptors (Lipinski definition) is 3. The molecule has 3 nitrogen and oxygen atoms in total. The molecule has 1 aromatic carbocycles. The summed E-state index contributed by atoms with van der Waals surface area (Å²) < 4.78 is 5.42. The van der Waals surface area contributed by atoms with Crippen LogP contribution in [0.4, 0.5) is 0 Å². The molecule has 0 radical (unpaired) electrons. The molecular formula is C15H26N2O. The van der Waals surface area contributed by atoms with Crippen molar-refractivity contribution in [1.29, 1.82) is 0 Å². The van der Waals surface area contributed by atoms with E-state index in [2.05, 4.69) is 37.1 Å². The van der Waals surface area contributed by atoms with Gasteiger partial charge >= 0.3 is 0 Å². The first-order valence-corrected chi connectivity index (χ1v) is 6.49. The zero-order valence-corrected chi connectivity index (χ0v) is 12.3. The molecular weight excluding hydrogens is 224 g/mol. The number of benzene rings is 1. The average molecular weight is 250 g/mol. The van der Waals surface area contributed by atoms with E-state index in [4.69, 9.17) is 10.5 Å². The SMILES string of the molecule is CCc1ccc(OC)c(CN(C)CC(C)(C)N)c1. The third-order valence-corrected chi connectivity index (χ3v) is 2.87. The van der Waals surface area contributed by atoms with Gasteiger partial charge in [-0.3, -0.25) is 0 Å². The summed E-state index contributed by atoms with van der Waals surface area (Å²) in [6.07, 6.45) is 1.04. The summed E-state index contributed by atoms with van der Waals surface area (Å²) in [5.41, 5.74) is 8.43. The molecule has 102 valence electrons. The quantitative estimate of drug-likeness (QED) is 0.842. The van der Waals surface area contributed by atoms with E-state index in [0.29, 0.717) is 0 Å². The predicted octanol–water partition coefficient (Wildman–Crippen LogP) is 2.43. The van der Waals surface area contributed by atoms with E-state index >= 15 is 0 Å². The van der Waals surface area contributed by atoms with Crippen molar-refractivity contribution in [3.63, 3.8) is 0 Å². The second kappa shape index (κ2) is 6.21. The molecule has 0 unspecified atom stereocenters. The largest absolute Gasteiger partial charge is 0.496 e. The Kier molecular flexibility index (Phi) is 5.17. The summed E-state index contributed by atoms with van der Waals surface area (Å²) in [5.74, 6) is 0.953. The van der Waals surface area contributed by atoms with Crippen LogP contribution in [0.25, 0.3) is 0 Å². The standard InChI is InChI=1S/C15H26N2O/c1-6-12-7-8-14(18-5)13(9-12)10-17(4)11-15(2,3)16/h7-9H,6,10-11,16H2,1-5H3. The molecule has 0 aromatic heterocycles. The lowest BCUT2D eigenvalue weighted by Gasteiger charge is -2.27. The zero-order valence-electron chi connectivity index (χ0n) is 12.3. The van der Waals surface area contributed by atoms with Crippen LogP contribution in [0.2, 0.25) is 0 Å². The number of aryl methyl sites for hydroxylation is 1.